The van der Waals surface area contributed by atoms with Crippen molar-refractivity contribution in [2.45, 2.75) is 6.54 Å². The summed E-state index contributed by atoms with van der Waals surface area (Å²) in [7, 11) is 4.00. The third-order valence-corrected chi connectivity index (χ3v) is 4.30. The number of H-pyrrole nitrogens is 1. The predicted octanol–water partition coefficient (Wildman–Crippen LogP) is 3.00. The Labute approximate surface area is 133 Å². The molecule has 3 aromatic rings. The Hall–Kier alpha value is -2.72. The Bertz CT molecular complexity index is 967. The number of fused-ring (bicyclic) bond motifs is 3. The average Bonchev–Trinajstić information content (AvgIpc) is 2.93. The van der Waals surface area contributed by atoms with Crippen molar-refractivity contribution in [3.8, 4) is 0 Å². The van der Waals surface area contributed by atoms with Crippen LogP contribution in [-0.2, 0) is 6.54 Å². The monoisotopic (exact) mass is 304 g/mol. The molecule has 4 rings (SSSR count). The van der Waals surface area contributed by atoms with Crippen molar-refractivity contribution in [3.05, 3.63) is 70.4 Å². The maximum atomic E-state index is 12.8. The Kier molecular flexibility index (Phi) is 2.96. The second kappa shape index (κ2) is 4.89. The molecule has 0 saturated heterocycles. The summed E-state index contributed by atoms with van der Waals surface area (Å²) in [5, 5.41) is 0.998. The van der Waals surface area contributed by atoms with Crippen LogP contribution in [0.4, 0.5) is 0 Å². The summed E-state index contributed by atoms with van der Waals surface area (Å²) in [4.78, 5) is 30.8. The number of hydrogen-bond donors (Lipinski definition) is 1. The van der Waals surface area contributed by atoms with E-state index in [2.05, 4.69) is 9.88 Å². The van der Waals surface area contributed by atoms with E-state index in [4.69, 9.17) is 0 Å². The summed E-state index contributed by atoms with van der Waals surface area (Å²) >= 11 is 0. The molecule has 0 radical (unpaired) electrons. The standard InChI is InChI=1S/C19H16N2O2/c1-21(2)10-11-9-20-17-8-16-15(7-14(11)17)18(22)12-5-3-4-6-13(12)19(16)23/h3-9,20H,10H2,1-2H3. The van der Waals surface area contributed by atoms with Gasteiger partial charge in [0.2, 0.25) is 0 Å². The van der Waals surface area contributed by atoms with E-state index < -0.39 is 0 Å². The van der Waals surface area contributed by atoms with Crippen LogP contribution in [0.15, 0.2) is 42.6 Å². The molecule has 1 heterocycles. The fourth-order valence-corrected chi connectivity index (χ4v) is 3.24. The molecule has 1 aliphatic rings. The molecule has 4 nitrogen and oxygen atoms in total. The van der Waals surface area contributed by atoms with Crippen LogP contribution in [0.1, 0.15) is 37.4 Å². The number of aromatic amines is 1. The normalized spacial score (nSPS) is 13.5. The SMILES string of the molecule is CN(C)Cc1c[nH]c2cc3c(cc12)C(=O)c1ccccc1C3=O. The molecule has 0 saturated carbocycles. The van der Waals surface area contributed by atoms with Crippen LogP contribution in [0.2, 0.25) is 0 Å². The summed E-state index contributed by atoms with van der Waals surface area (Å²) in [6, 6.07) is 10.7. The number of nitrogens with zero attached hydrogens (tertiary/aromatic N) is 1. The van der Waals surface area contributed by atoms with E-state index >= 15 is 0 Å². The highest BCUT2D eigenvalue weighted by atomic mass is 16.1. The fraction of sp³-hybridized carbons (Fsp3) is 0.158. The van der Waals surface area contributed by atoms with Crippen molar-refractivity contribution < 1.29 is 9.59 Å². The number of rotatable bonds is 2. The van der Waals surface area contributed by atoms with Crippen molar-refractivity contribution in [2.24, 2.45) is 0 Å². The van der Waals surface area contributed by atoms with Gasteiger partial charge in [-0.05, 0) is 31.8 Å². The van der Waals surface area contributed by atoms with E-state index in [1.54, 1.807) is 30.3 Å². The molecule has 0 aliphatic heterocycles. The van der Waals surface area contributed by atoms with Gasteiger partial charge in [0.15, 0.2) is 11.6 Å². The van der Waals surface area contributed by atoms with Gasteiger partial charge < -0.3 is 9.88 Å². The Morgan fingerprint density at radius 1 is 0.913 bits per heavy atom. The van der Waals surface area contributed by atoms with E-state index in [0.29, 0.717) is 22.3 Å². The van der Waals surface area contributed by atoms with Gasteiger partial charge in [0, 0.05) is 45.9 Å². The van der Waals surface area contributed by atoms with Crippen molar-refractivity contribution in [1.82, 2.24) is 9.88 Å². The van der Waals surface area contributed by atoms with E-state index in [1.165, 1.54) is 0 Å². The van der Waals surface area contributed by atoms with E-state index in [9.17, 15) is 9.59 Å². The molecule has 1 aliphatic carbocycles. The fourth-order valence-electron chi connectivity index (χ4n) is 3.24. The van der Waals surface area contributed by atoms with Gasteiger partial charge in [0.05, 0.1) is 0 Å². The van der Waals surface area contributed by atoms with Crippen molar-refractivity contribution in [1.29, 1.82) is 0 Å². The molecule has 0 spiro atoms. The molecule has 1 N–H and O–H groups in total. The van der Waals surface area contributed by atoms with Crippen LogP contribution in [0.25, 0.3) is 10.9 Å². The van der Waals surface area contributed by atoms with Gasteiger partial charge in [-0.3, -0.25) is 9.59 Å². The third kappa shape index (κ3) is 2.03. The Balaban J connectivity index is 1.95. The molecule has 23 heavy (non-hydrogen) atoms. The zero-order chi connectivity index (χ0) is 16.1. The lowest BCUT2D eigenvalue weighted by Crippen LogP contribution is -2.20. The number of benzene rings is 2. The number of hydrogen-bond acceptors (Lipinski definition) is 3. The third-order valence-electron chi connectivity index (χ3n) is 4.30. The lowest BCUT2D eigenvalue weighted by atomic mass is 9.83. The van der Waals surface area contributed by atoms with Crippen LogP contribution in [0, 0.1) is 0 Å². The van der Waals surface area contributed by atoms with Gasteiger partial charge in [-0.2, -0.15) is 0 Å². The predicted molar refractivity (Wildman–Crippen MR) is 89.0 cm³/mol. The second-order valence-electron chi connectivity index (χ2n) is 6.20. The number of carbonyl (C=O) groups excluding carboxylic acids is 2. The lowest BCUT2D eigenvalue weighted by Gasteiger charge is -2.17. The molecule has 1 aromatic heterocycles. The first-order valence-electron chi connectivity index (χ1n) is 7.53. The first kappa shape index (κ1) is 13.9. The molecular formula is C19H16N2O2. The van der Waals surface area contributed by atoms with Gasteiger partial charge in [-0.1, -0.05) is 24.3 Å². The number of carbonyl (C=O) groups is 2. The maximum Gasteiger partial charge on any atom is 0.194 e. The van der Waals surface area contributed by atoms with Gasteiger partial charge in [0.25, 0.3) is 0 Å². The highest BCUT2D eigenvalue weighted by Gasteiger charge is 2.30. The minimum atomic E-state index is -0.0825. The number of aromatic nitrogens is 1. The average molecular weight is 304 g/mol. The quantitative estimate of drug-likeness (QED) is 0.619. The Morgan fingerprint density at radius 2 is 1.52 bits per heavy atom. The van der Waals surface area contributed by atoms with Crippen molar-refractivity contribution in [2.75, 3.05) is 14.1 Å². The molecule has 0 atom stereocenters. The summed E-state index contributed by atoms with van der Waals surface area (Å²) in [6.07, 6.45) is 1.94. The first-order chi connectivity index (χ1) is 11.1. The van der Waals surface area contributed by atoms with Crippen LogP contribution in [0.3, 0.4) is 0 Å². The summed E-state index contributed by atoms with van der Waals surface area (Å²) in [5.74, 6) is -0.157. The summed E-state index contributed by atoms with van der Waals surface area (Å²) in [6.45, 7) is 0.775. The molecule has 0 amide bonds. The van der Waals surface area contributed by atoms with Crippen LogP contribution in [0.5, 0.6) is 0 Å². The molecule has 0 bridgehead atoms. The topological polar surface area (TPSA) is 53.2 Å². The van der Waals surface area contributed by atoms with Gasteiger partial charge in [0.1, 0.15) is 0 Å². The van der Waals surface area contributed by atoms with Gasteiger partial charge in [-0.15, -0.1) is 0 Å². The zero-order valence-corrected chi connectivity index (χ0v) is 13.0. The van der Waals surface area contributed by atoms with Crippen LogP contribution in [-0.4, -0.2) is 35.5 Å². The van der Waals surface area contributed by atoms with Crippen LogP contribution >= 0.6 is 0 Å². The first-order valence-corrected chi connectivity index (χ1v) is 7.53. The molecule has 0 fully saturated rings. The van der Waals surface area contributed by atoms with Crippen molar-refractivity contribution in [3.63, 3.8) is 0 Å². The highest BCUT2D eigenvalue weighted by Crippen LogP contribution is 2.31. The van der Waals surface area contributed by atoms with E-state index in [1.807, 2.05) is 26.4 Å². The molecule has 114 valence electrons. The molecular weight excluding hydrogens is 288 g/mol. The highest BCUT2D eigenvalue weighted by molar-refractivity contribution is 6.29. The minimum absolute atomic E-state index is 0.0749. The zero-order valence-electron chi connectivity index (χ0n) is 13.0. The smallest absolute Gasteiger partial charge is 0.194 e. The van der Waals surface area contributed by atoms with Crippen molar-refractivity contribution >= 4 is 22.5 Å². The summed E-state index contributed by atoms with van der Waals surface area (Å²) in [5.41, 5.74) is 3.98. The Morgan fingerprint density at radius 3 is 2.13 bits per heavy atom. The summed E-state index contributed by atoms with van der Waals surface area (Å²) < 4.78 is 0. The molecule has 4 heteroatoms. The van der Waals surface area contributed by atoms with E-state index in [0.717, 1.165) is 23.0 Å². The van der Waals surface area contributed by atoms with Crippen LogP contribution < -0.4 is 0 Å². The van der Waals surface area contributed by atoms with Gasteiger partial charge >= 0.3 is 0 Å². The second-order valence-corrected chi connectivity index (χ2v) is 6.20. The number of nitrogens with one attached hydrogen (secondary N) is 1. The molecule has 0 unspecified atom stereocenters. The maximum absolute atomic E-state index is 12.8. The molecule has 2 aromatic carbocycles. The number of ketones is 2. The lowest BCUT2D eigenvalue weighted by molar-refractivity contribution is 0.0979. The largest absolute Gasteiger partial charge is 0.361 e. The van der Waals surface area contributed by atoms with Gasteiger partial charge in [-0.25, -0.2) is 0 Å². The van der Waals surface area contributed by atoms with E-state index in [-0.39, 0.29) is 11.6 Å². The minimum Gasteiger partial charge on any atom is -0.361 e.